The summed E-state index contributed by atoms with van der Waals surface area (Å²) in [5.74, 6) is 0.748. The lowest BCUT2D eigenvalue weighted by atomic mass is 10.1. The first-order valence-electron chi connectivity index (χ1n) is 6.33. The van der Waals surface area contributed by atoms with Crippen molar-refractivity contribution in [2.45, 2.75) is 19.6 Å². The van der Waals surface area contributed by atoms with Crippen LogP contribution in [0.15, 0.2) is 28.8 Å². The predicted octanol–water partition coefficient (Wildman–Crippen LogP) is 1.97. The molecular formula is C14H17N3O2. The molecule has 19 heavy (non-hydrogen) atoms. The van der Waals surface area contributed by atoms with Crippen LogP contribution in [0.5, 0.6) is 0 Å². The molecule has 0 spiro atoms. The number of nitrogen functional groups attached to an aromatic ring is 1. The lowest BCUT2D eigenvalue weighted by molar-refractivity contribution is 0.156. The zero-order valence-electron chi connectivity index (χ0n) is 10.9. The number of hydrogen-bond donors (Lipinski definition) is 1. The summed E-state index contributed by atoms with van der Waals surface area (Å²) in [4.78, 5) is 2.25. The summed E-state index contributed by atoms with van der Waals surface area (Å²) in [7, 11) is 1.64. The van der Waals surface area contributed by atoms with Crippen LogP contribution in [-0.4, -0.2) is 18.8 Å². The average Bonchev–Trinajstić information content (AvgIpc) is 2.99. The normalized spacial score (nSPS) is 13.8. The van der Waals surface area contributed by atoms with E-state index in [9.17, 15) is 0 Å². The first kappa shape index (κ1) is 12.0. The van der Waals surface area contributed by atoms with Gasteiger partial charge in [0.05, 0.1) is 17.9 Å². The van der Waals surface area contributed by atoms with Gasteiger partial charge >= 0.3 is 0 Å². The number of nitrogens with two attached hydrogens (primary N) is 1. The van der Waals surface area contributed by atoms with Crippen LogP contribution in [0, 0.1) is 0 Å². The first-order chi connectivity index (χ1) is 9.28. The number of fused-ring (bicyclic) bond motifs is 1. The molecule has 0 fully saturated rings. The van der Waals surface area contributed by atoms with Gasteiger partial charge < -0.3 is 19.9 Å². The van der Waals surface area contributed by atoms with Crippen LogP contribution >= 0.6 is 0 Å². The van der Waals surface area contributed by atoms with Gasteiger partial charge in [0.15, 0.2) is 5.76 Å². The molecule has 3 rings (SSSR count). The van der Waals surface area contributed by atoms with Crippen molar-refractivity contribution >= 4 is 11.4 Å². The van der Waals surface area contributed by atoms with Gasteiger partial charge in [-0.05, 0) is 18.1 Å². The molecule has 1 aromatic heterocycles. The number of benzene rings is 1. The van der Waals surface area contributed by atoms with Crippen molar-refractivity contribution in [3.8, 4) is 0 Å². The Bertz CT molecular complexity index is 580. The van der Waals surface area contributed by atoms with Crippen LogP contribution in [0.1, 0.15) is 17.0 Å². The van der Waals surface area contributed by atoms with Gasteiger partial charge in [0.2, 0.25) is 0 Å². The van der Waals surface area contributed by atoms with Crippen LogP contribution in [0.2, 0.25) is 0 Å². The molecule has 2 N–H and O–H groups in total. The summed E-state index contributed by atoms with van der Waals surface area (Å²) in [6.07, 6.45) is 1.03. The number of ether oxygens (including phenoxy) is 1. The highest BCUT2D eigenvalue weighted by atomic mass is 16.5. The van der Waals surface area contributed by atoms with E-state index in [4.69, 9.17) is 15.0 Å². The van der Waals surface area contributed by atoms with Gasteiger partial charge in [0.25, 0.3) is 0 Å². The number of nitrogens with zero attached hydrogens (tertiary/aromatic N) is 2. The number of anilines is 2. The molecule has 2 heterocycles. The molecule has 0 bridgehead atoms. The van der Waals surface area contributed by atoms with E-state index in [1.807, 2.05) is 18.2 Å². The first-order valence-corrected chi connectivity index (χ1v) is 6.33. The van der Waals surface area contributed by atoms with Crippen LogP contribution < -0.4 is 10.6 Å². The lowest BCUT2D eigenvalue weighted by Crippen LogP contribution is -2.20. The fourth-order valence-corrected chi connectivity index (χ4v) is 2.56. The van der Waals surface area contributed by atoms with E-state index in [2.05, 4.69) is 16.1 Å². The second-order valence-electron chi connectivity index (χ2n) is 4.74. The Morgan fingerprint density at radius 2 is 2.37 bits per heavy atom. The predicted molar refractivity (Wildman–Crippen MR) is 72.8 cm³/mol. The monoisotopic (exact) mass is 259 g/mol. The molecular weight excluding hydrogens is 242 g/mol. The molecule has 0 saturated carbocycles. The maximum absolute atomic E-state index is 6.06. The minimum absolute atomic E-state index is 0.450. The van der Waals surface area contributed by atoms with Gasteiger partial charge in [-0.25, -0.2) is 0 Å². The summed E-state index contributed by atoms with van der Waals surface area (Å²) in [6.45, 7) is 2.14. The van der Waals surface area contributed by atoms with E-state index in [-0.39, 0.29) is 0 Å². The molecule has 1 aliphatic heterocycles. The Hall–Kier alpha value is -2.01. The molecule has 0 unspecified atom stereocenters. The van der Waals surface area contributed by atoms with E-state index in [0.717, 1.165) is 35.8 Å². The second kappa shape index (κ2) is 4.93. The minimum Gasteiger partial charge on any atom is -0.397 e. The Labute approximate surface area is 111 Å². The number of rotatable bonds is 4. The molecule has 0 amide bonds. The fourth-order valence-electron chi connectivity index (χ4n) is 2.56. The van der Waals surface area contributed by atoms with Crippen LogP contribution in [-0.2, 0) is 24.3 Å². The zero-order valence-corrected chi connectivity index (χ0v) is 10.9. The Morgan fingerprint density at radius 1 is 1.47 bits per heavy atom. The van der Waals surface area contributed by atoms with Gasteiger partial charge in [-0.1, -0.05) is 17.3 Å². The number of hydrogen-bond acceptors (Lipinski definition) is 5. The molecule has 1 aromatic carbocycles. The van der Waals surface area contributed by atoms with E-state index in [0.29, 0.717) is 13.2 Å². The van der Waals surface area contributed by atoms with Crippen LogP contribution in [0.4, 0.5) is 11.4 Å². The Kier molecular flexibility index (Phi) is 3.13. The van der Waals surface area contributed by atoms with Crippen molar-refractivity contribution in [3.05, 3.63) is 41.3 Å². The third kappa shape index (κ3) is 2.29. The molecule has 5 heteroatoms. The third-order valence-electron chi connectivity index (χ3n) is 3.37. The van der Waals surface area contributed by atoms with Gasteiger partial charge in [-0.2, -0.15) is 0 Å². The maximum Gasteiger partial charge on any atom is 0.162 e. The smallest absolute Gasteiger partial charge is 0.162 e. The highest BCUT2D eigenvalue weighted by molar-refractivity contribution is 5.74. The van der Waals surface area contributed by atoms with Crippen LogP contribution in [0.3, 0.4) is 0 Å². The van der Waals surface area contributed by atoms with E-state index in [1.54, 1.807) is 7.11 Å². The lowest BCUT2D eigenvalue weighted by Gasteiger charge is -2.19. The molecule has 0 saturated heterocycles. The van der Waals surface area contributed by atoms with Crippen molar-refractivity contribution in [1.29, 1.82) is 0 Å². The summed E-state index contributed by atoms with van der Waals surface area (Å²) in [6, 6.07) is 8.01. The number of methoxy groups -OCH3 is 1. The quantitative estimate of drug-likeness (QED) is 0.850. The molecule has 0 aliphatic carbocycles. The van der Waals surface area contributed by atoms with Crippen molar-refractivity contribution < 1.29 is 9.26 Å². The van der Waals surface area contributed by atoms with Gasteiger partial charge in [0.1, 0.15) is 12.3 Å². The summed E-state index contributed by atoms with van der Waals surface area (Å²) in [5, 5.41) is 4.06. The largest absolute Gasteiger partial charge is 0.397 e. The van der Waals surface area contributed by atoms with Gasteiger partial charge in [0, 0.05) is 19.7 Å². The average molecular weight is 259 g/mol. The SMILES string of the molecule is COCc1cc(CN2CCc3cccc(N)c32)no1. The topological polar surface area (TPSA) is 64.5 Å². The highest BCUT2D eigenvalue weighted by Crippen LogP contribution is 2.34. The molecule has 100 valence electrons. The Balaban J connectivity index is 1.78. The summed E-state index contributed by atoms with van der Waals surface area (Å²) < 4.78 is 10.2. The maximum atomic E-state index is 6.06. The molecule has 1 aliphatic rings. The molecule has 2 aromatic rings. The third-order valence-corrected chi connectivity index (χ3v) is 3.37. The standard InChI is InChI=1S/C14H17N3O2/c1-18-9-12-7-11(16-19-12)8-17-6-5-10-3-2-4-13(15)14(10)17/h2-4,7H,5-6,8-9,15H2,1H3. The Morgan fingerprint density at radius 3 is 3.21 bits per heavy atom. The van der Waals surface area contributed by atoms with Crippen molar-refractivity contribution in [2.24, 2.45) is 0 Å². The van der Waals surface area contributed by atoms with E-state index in [1.165, 1.54) is 5.56 Å². The summed E-state index contributed by atoms with van der Waals surface area (Å²) in [5.41, 5.74) is 10.2. The van der Waals surface area contributed by atoms with E-state index >= 15 is 0 Å². The fraction of sp³-hybridized carbons (Fsp3) is 0.357. The zero-order chi connectivity index (χ0) is 13.2. The molecule has 0 radical (unpaired) electrons. The van der Waals surface area contributed by atoms with Gasteiger partial charge in [-0.3, -0.25) is 0 Å². The van der Waals surface area contributed by atoms with Crippen molar-refractivity contribution in [1.82, 2.24) is 5.16 Å². The van der Waals surface area contributed by atoms with Crippen molar-refractivity contribution in [2.75, 3.05) is 24.3 Å². The molecule has 0 atom stereocenters. The van der Waals surface area contributed by atoms with Crippen molar-refractivity contribution in [3.63, 3.8) is 0 Å². The number of para-hydroxylation sites is 1. The van der Waals surface area contributed by atoms with E-state index < -0.39 is 0 Å². The van der Waals surface area contributed by atoms with Crippen LogP contribution in [0.25, 0.3) is 0 Å². The second-order valence-corrected chi connectivity index (χ2v) is 4.74. The highest BCUT2D eigenvalue weighted by Gasteiger charge is 2.22. The molecule has 5 nitrogen and oxygen atoms in total. The minimum atomic E-state index is 0.450. The van der Waals surface area contributed by atoms with Gasteiger partial charge in [-0.15, -0.1) is 0 Å². The summed E-state index contributed by atoms with van der Waals surface area (Å²) >= 11 is 0. The number of aromatic nitrogens is 1.